The lowest BCUT2D eigenvalue weighted by molar-refractivity contribution is 0.252. The van der Waals surface area contributed by atoms with Crippen molar-refractivity contribution in [2.45, 2.75) is 25.4 Å². The van der Waals surface area contributed by atoms with Crippen LogP contribution in [0.15, 0.2) is 54.6 Å². The lowest BCUT2D eigenvalue weighted by atomic mass is 9.95. The van der Waals surface area contributed by atoms with E-state index in [0.29, 0.717) is 12.5 Å². The summed E-state index contributed by atoms with van der Waals surface area (Å²) in [6.07, 6.45) is 2.47. The Bertz CT molecular complexity index is 546. The average molecular weight is 268 g/mol. The maximum Gasteiger partial charge on any atom is 0.120 e. The second-order valence-corrected chi connectivity index (χ2v) is 5.47. The predicted molar refractivity (Wildman–Crippen MR) is 79.8 cm³/mol. The summed E-state index contributed by atoms with van der Waals surface area (Å²) in [5.41, 5.74) is 2.36. The van der Waals surface area contributed by atoms with E-state index < -0.39 is 0 Å². The van der Waals surface area contributed by atoms with E-state index in [1.807, 2.05) is 30.3 Å². The minimum Gasteiger partial charge on any atom is -0.489 e. The van der Waals surface area contributed by atoms with Gasteiger partial charge in [-0.25, -0.2) is 0 Å². The third-order valence-corrected chi connectivity index (χ3v) is 3.92. The van der Waals surface area contributed by atoms with Crippen LogP contribution in [0.5, 0.6) is 5.75 Å². The molecule has 1 aliphatic carbocycles. The molecule has 0 spiro atoms. The van der Waals surface area contributed by atoms with Crippen molar-refractivity contribution < 1.29 is 9.84 Å². The molecule has 0 aliphatic heterocycles. The molecule has 1 saturated carbocycles. The van der Waals surface area contributed by atoms with Crippen molar-refractivity contribution in [2.24, 2.45) is 5.92 Å². The Kier molecular flexibility index (Phi) is 4.03. The molecule has 1 aliphatic rings. The van der Waals surface area contributed by atoms with E-state index in [0.717, 1.165) is 5.75 Å². The van der Waals surface area contributed by atoms with Gasteiger partial charge in [0.25, 0.3) is 0 Å². The largest absolute Gasteiger partial charge is 0.489 e. The normalized spacial score (nSPS) is 15.8. The van der Waals surface area contributed by atoms with Crippen LogP contribution in [0.25, 0.3) is 0 Å². The van der Waals surface area contributed by atoms with Gasteiger partial charge >= 0.3 is 0 Å². The summed E-state index contributed by atoms with van der Waals surface area (Å²) in [6.45, 7) is 0.810. The van der Waals surface area contributed by atoms with Crippen molar-refractivity contribution in [2.75, 3.05) is 6.61 Å². The van der Waals surface area contributed by atoms with Gasteiger partial charge in [0, 0.05) is 5.92 Å². The first kappa shape index (κ1) is 13.2. The molecule has 0 aromatic heterocycles. The Balaban J connectivity index is 1.68. The smallest absolute Gasteiger partial charge is 0.120 e. The van der Waals surface area contributed by atoms with Crippen LogP contribution in [0.4, 0.5) is 0 Å². The fourth-order valence-corrected chi connectivity index (χ4v) is 2.60. The minimum atomic E-state index is 0.229. The van der Waals surface area contributed by atoms with Crippen molar-refractivity contribution in [1.29, 1.82) is 0 Å². The molecule has 0 amide bonds. The molecular weight excluding hydrogens is 248 g/mol. The lowest BCUT2D eigenvalue weighted by Crippen LogP contribution is -2.06. The first-order valence-corrected chi connectivity index (χ1v) is 7.24. The van der Waals surface area contributed by atoms with Gasteiger partial charge < -0.3 is 9.84 Å². The second kappa shape index (κ2) is 6.10. The molecule has 2 nitrogen and oxygen atoms in total. The van der Waals surface area contributed by atoms with Crippen molar-refractivity contribution in [1.82, 2.24) is 0 Å². The number of ether oxygens (including phenoxy) is 1. The highest BCUT2D eigenvalue weighted by atomic mass is 16.5. The van der Waals surface area contributed by atoms with Gasteiger partial charge in [-0.05, 0) is 42.0 Å². The van der Waals surface area contributed by atoms with E-state index in [1.165, 1.54) is 24.0 Å². The highest BCUT2D eigenvalue weighted by Gasteiger charge is 2.31. The summed E-state index contributed by atoms with van der Waals surface area (Å²) in [6, 6.07) is 18.3. The van der Waals surface area contributed by atoms with Crippen molar-refractivity contribution >= 4 is 0 Å². The molecule has 3 rings (SSSR count). The predicted octanol–water partition coefficient (Wildman–Crippen LogP) is 3.75. The Hall–Kier alpha value is -1.80. The van der Waals surface area contributed by atoms with Gasteiger partial charge in [-0.3, -0.25) is 0 Å². The Morgan fingerprint density at radius 2 is 1.85 bits per heavy atom. The quantitative estimate of drug-likeness (QED) is 0.864. The number of hydrogen-bond acceptors (Lipinski definition) is 2. The fourth-order valence-electron chi connectivity index (χ4n) is 2.60. The molecule has 1 N–H and O–H groups in total. The van der Waals surface area contributed by atoms with Crippen LogP contribution in [0.2, 0.25) is 0 Å². The molecule has 0 heterocycles. The van der Waals surface area contributed by atoms with E-state index in [9.17, 15) is 5.11 Å². The number of aliphatic hydroxyl groups is 1. The summed E-state index contributed by atoms with van der Waals surface area (Å²) < 4.78 is 5.85. The van der Waals surface area contributed by atoms with Gasteiger partial charge in [0.1, 0.15) is 12.4 Å². The molecular formula is C18H20O2. The summed E-state index contributed by atoms with van der Waals surface area (Å²) in [5.74, 6) is 1.81. The molecule has 1 unspecified atom stereocenters. The number of aliphatic hydroxyl groups excluding tert-OH is 1. The fraction of sp³-hybridized carbons (Fsp3) is 0.333. The summed E-state index contributed by atoms with van der Waals surface area (Å²) in [7, 11) is 0. The molecule has 0 saturated heterocycles. The van der Waals surface area contributed by atoms with E-state index in [1.54, 1.807) is 0 Å². The molecule has 104 valence electrons. The van der Waals surface area contributed by atoms with Gasteiger partial charge in [0.05, 0.1) is 6.61 Å². The zero-order valence-electron chi connectivity index (χ0n) is 11.5. The van der Waals surface area contributed by atoms with E-state index in [4.69, 9.17) is 4.74 Å². The monoisotopic (exact) mass is 268 g/mol. The highest BCUT2D eigenvalue weighted by Crippen LogP contribution is 2.42. The Morgan fingerprint density at radius 1 is 1.05 bits per heavy atom. The molecule has 2 aromatic rings. The van der Waals surface area contributed by atoms with Gasteiger partial charge in [0.15, 0.2) is 0 Å². The maximum absolute atomic E-state index is 9.55. The van der Waals surface area contributed by atoms with Gasteiger partial charge in [0.2, 0.25) is 0 Å². The zero-order chi connectivity index (χ0) is 13.8. The van der Waals surface area contributed by atoms with Crippen LogP contribution in [-0.4, -0.2) is 11.7 Å². The van der Waals surface area contributed by atoms with E-state index >= 15 is 0 Å². The van der Waals surface area contributed by atoms with Crippen LogP contribution >= 0.6 is 0 Å². The standard InChI is InChI=1S/C18H20O2/c19-12-18(15-9-10-15)16-7-4-8-17(11-16)20-13-14-5-2-1-3-6-14/h1-8,11,15,18-19H,9-10,12-13H2. The molecule has 1 fully saturated rings. The van der Waals surface area contributed by atoms with Crippen LogP contribution in [0.3, 0.4) is 0 Å². The molecule has 0 bridgehead atoms. The number of hydrogen-bond donors (Lipinski definition) is 1. The van der Waals surface area contributed by atoms with E-state index in [-0.39, 0.29) is 12.5 Å². The SMILES string of the molecule is OCC(c1cccc(OCc2ccccc2)c1)C1CC1. The van der Waals surface area contributed by atoms with Crippen molar-refractivity contribution in [3.63, 3.8) is 0 Å². The highest BCUT2D eigenvalue weighted by molar-refractivity contribution is 5.32. The van der Waals surface area contributed by atoms with Crippen LogP contribution in [-0.2, 0) is 6.61 Å². The third-order valence-electron chi connectivity index (χ3n) is 3.92. The molecule has 2 aromatic carbocycles. The average Bonchev–Trinajstić information content (AvgIpc) is 3.32. The summed E-state index contributed by atoms with van der Waals surface area (Å²) in [4.78, 5) is 0. The van der Waals surface area contributed by atoms with Gasteiger partial charge in [-0.1, -0.05) is 42.5 Å². The van der Waals surface area contributed by atoms with E-state index in [2.05, 4.69) is 24.3 Å². The Labute approximate surface area is 120 Å². The first-order chi connectivity index (χ1) is 9.86. The zero-order valence-corrected chi connectivity index (χ0v) is 11.5. The van der Waals surface area contributed by atoms with Crippen molar-refractivity contribution in [3.8, 4) is 5.75 Å². The van der Waals surface area contributed by atoms with Gasteiger partial charge in [-0.15, -0.1) is 0 Å². The second-order valence-electron chi connectivity index (χ2n) is 5.47. The molecule has 2 heteroatoms. The first-order valence-electron chi connectivity index (χ1n) is 7.24. The van der Waals surface area contributed by atoms with Crippen molar-refractivity contribution in [3.05, 3.63) is 65.7 Å². The topological polar surface area (TPSA) is 29.5 Å². The molecule has 1 atom stereocenters. The summed E-state index contributed by atoms with van der Waals surface area (Å²) in [5, 5.41) is 9.55. The van der Waals surface area contributed by atoms with Crippen LogP contribution in [0, 0.1) is 5.92 Å². The number of rotatable bonds is 6. The third kappa shape index (κ3) is 3.20. The van der Waals surface area contributed by atoms with Gasteiger partial charge in [-0.2, -0.15) is 0 Å². The minimum absolute atomic E-state index is 0.229. The maximum atomic E-state index is 9.55. The lowest BCUT2D eigenvalue weighted by Gasteiger charge is -2.15. The van der Waals surface area contributed by atoms with Crippen LogP contribution < -0.4 is 4.74 Å². The molecule has 20 heavy (non-hydrogen) atoms. The summed E-state index contributed by atoms with van der Waals surface area (Å²) >= 11 is 0. The Morgan fingerprint density at radius 3 is 2.55 bits per heavy atom. The van der Waals surface area contributed by atoms with Crippen LogP contribution in [0.1, 0.15) is 29.9 Å². The number of benzene rings is 2. The molecule has 0 radical (unpaired) electrons.